The van der Waals surface area contributed by atoms with Crippen molar-refractivity contribution < 1.29 is 4.39 Å². The van der Waals surface area contributed by atoms with Gasteiger partial charge in [-0.2, -0.15) is 0 Å². The molecule has 0 aliphatic rings. The van der Waals surface area contributed by atoms with Crippen molar-refractivity contribution in [2.45, 2.75) is 20.4 Å². The highest BCUT2D eigenvalue weighted by Gasteiger charge is 2.15. The van der Waals surface area contributed by atoms with Gasteiger partial charge in [0.15, 0.2) is 5.82 Å². The normalized spacial score (nSPS) is 11.3. The Labute approximate surface area is 144 Å². The zero-order valence-corrected chi connectivity index (χ0v) is 14.4. The third-order valence-corrected chi connectivity index (χ3v) is 5.26. The van der Waals surface area contributed by atoms with Crippen LogP contribution < -0.4 is 0 Å². The van der Waals surface area contributed by atoms with E-state index in [1.165, 1.54) is 28.1 Å². The lowest BCUT2D eigenvalue weighted by Crippen LogP contribution is -2.03. The van der Waals surface area contributed by atoms with Gasteiger partial charge in [0.25, 0.3) is 0 Å². The Bertz CT molecular complexity index is 1030. The van der Waals surface area contributed by atoms with E-state index in [9.17, 15) is 4.39 Å². The number of aromatic nitrogens is 2. The fourth-order valence-electron chi connectivity index (χ4n) is 2.96. The minimum atomic E-state index is -0.253. The molecule has 2 heterocycles. The summed E-state index contributed by atoms with van der Waals surface area (Å²) in [6.45, 7) is 4.92. The first-order valence-corrected chi connectivity index (χ1v) is 8.70. The van der Waals surface area contributed by atoms with Crippen LogP contribution in [0, 0.1) is 19.7 Å². The van der Waals surface area contributed by atoms with Gasteiger partial charge in [0.2, 0.25) is 0 Å². The first kappa shape index (κ1) is 15.1. The fourth-order valence-corrected chi connectivity index (χ4v) is 3.83. The smallest absolute Gasteiger partial charge is 0.151 e. The molecular formula is C20H17FN2S. The molecule has 0 saturated carbocycles. The van der Waals surface area contributed by atoms with Gasteiger partial charge in [0.05, 0.1) is 15.9 Å². The Balaban J connectivity index is 1.92. The van der Waals surface area contributed by atoms with Gasteiger partial charge in [-0.25, -0.2) is 9.37 Å². The molecule has 0 amide bonds. The van der Waals surface area contributed by atoms with E-state index in [-0.39, 0.29) is 5.82 Å². The predicted octanol–water partition coefficient (Wildman–Crippen LogP) is 5.57. The van der Waals surface area contributed by atoms with Crippen molar-refractivity contribution >= 4 is 22.4 Å². The summed E-state index contributed by atoms with van der Waals surface area (Å²) >= 11 is 1.71. The number of rotatable bonds is 3. The van der Waals surface area contributed by atoms with Crippen LogP contribution in [-0.2, 0) is 6.54 Å². The van der Waals surface area contributed by atoms with Crippen molar-refractivity contribution in [2.75, 3.05) is 0 Å². The zero-order chi connectivity index (χ0) is 16.7. The Hall–Kier alpha value is -2.46. The average molecular weight is 336 g/mol. The van der Waals surface area contributed by atoms with E-state index >= 15 is 0 Å². The molecule has 4 aromatic rings. The Morgan fingerprint density at radius 2 is 1.88 bits per heavy atom. The van der Waals surface area contributed by atoms with Crippen LogP contribution in [-0.4, -0.2) is 9.55 Å². The summed E-state index contributed by atoms with van der Waals surface area (Å²) in [6, 6.07) is 17.4. The predicted molar refractivity (Wildman–Crippen MR) is 98.0 cm³/mol. The summed E-state index contributed by atoms with van der Waals surface area (Å²) < 4.78 is 15.8. The maximum absolute atomic E-state index is 13.6. The molecule has 0 N–H and O–H groups in total. The summed E-state index contributed by atoms with van der Waals surface area (Å²) in [5.74, 6) is 0.647. The summed E-state index contributed by atoms with van der Waals surface area (Å²) in [4.78, 5) is 7.07. The van der Waals surface area contributed by atoms with Gasteiger partial charge in [0, 0.05) is 17.5 Å². The number of nitrogens with zero attached hydrogens (tertiary/aromatic N) is 2. The number of hydrogen-bond donors (Lipinski definition) is 0. The molecule has 0 saturated heterocycles. The molecule has 2 nitrogen and oxygen atoms in total. The summed E-state index contributed by atoms with van der Waals surface area (Å²) in [5.41, 5.74) is 4.15. The quantitative estimate of drug-likeness (QED) is 0.478. The number of benzene rings is 2. The lowest BCUT2D eigenvalue weighted by molar-refractivity contribution is 0.629. The first-order valence-electron chi connectivity index (χ1n) is 7.89. The van der Waals surface area contributed by atoms with Crippen LogP contribution >= 0.6 is 11.3 Å². The fraction of sp³-hybridized carbons (Fsp3) is 0.150. The number of halogens is 1. The van der Waals surface area contributed by atoms with Crippen LogP contribution in [0.3, 0.4) is 0 Å². The number of thiophene rings is 1. The highest BCUT2D eigenvalue weighted by Crippen LogP contribution is 2.31. The minimum absolute atomic E-state index is 0.253. The number of imidazole rings is 1. The molecule has 0 radical (unpaired) electrons. The largest absolute Gasteiger partial charge is 0.319 e. The van der Waals surface area contributed by atoms with Crippen molar-refractivity contribution in [1.82, 2.24) is 9.55 Å². The lowest BCUT2D eigenvalue weighted by atomic mass is 10.1. The SMILES string of the molecule is Cc1ccc(-c2nc3cc(F)ccc3n2Cc2ccccc2C)s1. The van der Waals surface area contributed by atoms with Crippen molar-refractivity contribution in [3.8, 4) is 10.7 Å². The second-order valence-corrected chi connectivity index (χ2v) is 7.28. The molecule has 0 fully saturated rings. The highest BCUT2D eigenvalue weighted by atomic mass is 32.1. The molecule has 0 aliphatic carbocycles. The molecule has 4 heteroatoms. The topological polar surface area (TPSA) is 17.8 Å². The van der Waals surface area contributed by atoms with Crippen molar-refractivity contribution in [2.24, 2.45) is 0 Å². The van der Waals surface area contributed by atoms with Crippen molar-refractivity contribution in [3.63, 3.8) is 0 Å². The van der Waals surface area contributed by atoms with Crippen LogP contribution in [0.25, 0.3) is 21.7 Å². The Morgan fingerprint density at radius 3 is 2.62 bits per heavy atom. The maximum Gasteiger partial charge on any atom is 0.151 e. The minimum Gasteiger partial charge on any atom is -0.319 e. The Kier molecular flexibility index (Phi) is 3.69. The molecule has 2 aromatic carbocycles. The van der Waals surface area contributed by atoms with Crippen LogP contribution in [0.15, 0.2) is 54.6 Å². The third kappa shape index (κ3) is 2.63. The van der Waals surface area contributed by atoms with E-state index in [1.807, 2.05) is 12.1 Å². The molecule has 0 bridgehead atoms. The van der Waals surface area contributed by atoms with Gasteiger partial charge in [-0.05, 0) is 49.2 Å². The molecule has 24 heavy (non-hydrogen) atoms. The van der Waals surface area contributed by atoms with Crippen molar-refractivity contribution in [3.05, 3.63) is 76.4 Å². The summed E-state index contributed by atoms with van der Waals surface area (Å²) in [6.07, 6.45) is 0. The molecule has 2 aromatic heterocycles. The monoisotopic (exact) mass is 336 g/mol. The zero-order valence-electron chi connectivity index (χ0n) is 13.6. The van der Waals surface area contributed by atoms with Gasteiger partial charge >= 0.3 is 0 Å². The van der Waals surface area contributed by atoms with Gasteiger partial charge in [-0.1, -0.05) is 24.3 Å². The molecule has 0 atom stereocenters. The van der Waals surface area contributed by atoms with Crippen LogP contribution in [0.1, 0.15) is 16.0 Å². The third-order valence-electron chi connectivity index (χ3n) is 4.26. The van der Waals surface area contributed by atoms with Gasteiger partial charge in [-0.3, -0.25) is 0 Å². The van der Waals surface area contributed by atoms with Crippen molar-refractivity contribution in [1.29, 1.82) is 0 Å². The second-order valence-electron chi connectivity index (χ2n) is 5.99. The first-order chi connectivity index (χ1) is 11.6. The number of aryl methyl sites for hydroxylation is 2. The van der Waals surface area contributed by atoms with Crippen LogP contribution in [0.4, 0.5) is 4.39 Å². The van der Waals surface area contributed by atoms with E-state index in [0.717, 1.165) is 22.8 Å². The van der Waals surface area contributed by atoms with E-state index in [4.69, 9.17) is 4.98 Å². The highest BCUT2D eigenvalue weighted by molar-refractivity contribution is 7.15. The maximum atomic E-state index is 13.6. The van der Waals surface area contributed by atoms with Gasteiger partial charge < -0.3 is 4.57 Å². The average Bonchev–Trinajstić information content (AvgIpc) is 3.13. The summed E-state index contributed by atoms with van der Waals surface area (Å²) in [5, 5.41) is 0. The molecule has 0 spiro atoms. The van der Waals surface area contributed by atoms with Crippen LogP contribution in [0.2, 0.25) is 0 Å². The number of fused-ring (bicyclic) bond motifs is 1. The van der Waals surface area contributed by atoms with Gasteiger partial charge in [0.1, 0.15) is 5.82 Å². The molecule has 120 valence electrons. The molecule has 0 unspecified atom stereocenters. The van der Waals surface area contributed by atoms with Crippen LogP contribution in [0.5, 0.6) is 0 Å². The van der Waals surface area contributed by atoms with Gasteiger partial charge in [-0.15, -0.1) is 11.3 Å². The van der Waals surface area contributed by atoms with E-state index in [2.05, 4.69) is 48.7 Å². The van der Waals surface area contributed by atoms with E-state index in [1.54, 1.807) is 11.3 Å². The van der Waals surface area contributed by atoms with E-state index < -0.39 is 0 Å². The molecule has 0 aliphatic heterocycles. The Morgan fingerprint density at radius 1 is 1.04 bits per heavy atom. The lowest BCUT2D eigenvalue weighted by Gasteiger charge is -2.11. The standard InChI is InChI=1S/C20H17FN2S/c1-13-5-3-4-6-15(13)12-23-18-9-8-16(21)11-17(18)22-20(23)19-10-7-14(2)24-19/h3-11H,12H2,1-2H3. The molecule has 4 rings (SSSR count). The number of hydrogen-bond acceptors (Lipinski definition) is 2. The molecular weight excluding hydrogens is 319 g/mol. The second kappa shape index (κ2) is 5.87. The van der Waals surface area contributed by atoms with E-state index in [0.29, 0.717) is 5.52 Å². The summed E-state index contributed by atoms with van der Waals surface area (Å²) in [7, 11) is 0.